The predicted octanol–water partition coefficient (Wildman–Crippen LogP) is 2.38. The van der Waals surface area contributed by atoms with Gasteiger partial charge in [0.05, 0.1) is 29.7 Å². The molecule has 5 heteroatoms. The summed E-state index contributed by atoms with van der Waals surface area (Å²) < 4.78 is 0. The van der Waals surface area contributed by atoms with Crippen molar-refractivity contribution >= 4 is 16.6 Å². The molecular weight excluding hydrogens is 250 g/mol. The SMILES string of the molecule is C1=CC(c2n[nH]c3cnc(-c4cccnc4)cc23)=NC1. The molecule has 0 unspecified atom stereocenters. The molecule has 20 heavy (non-hydrogen) atoms. The fourth-order valence-corrected chi connectivity index (χ4v) is 2.31. The lowest BCUT2D eigenvalue weighted by Gasteiger charge is -2.00. The number of aromatic nitrogens is 4. The number of H-pyrrole nitrogens is 1. The maximum Gasteiger partial charge on any atom is 0.118 e. The van der Waals surface area contributed by atoms with Crippen molar-refractivity contribution in [2.24, 2.45) is 4.99 Å². The molecule has 0 aliphatic carbocycles. The number of nitrogens with zero attached hydrogens (tertiary/aromatic N) is 4. The van der Waals surface area contributed by atoms with Crippen LogP contribution in [0.25, 0.3) is 22.2 Å². The smallest absolute Gasteiger partial charge is 0.118 e. The number of pyridine rings is 2. The third-order valence-electron chi connectivity index (χ3n) is 3.29. The Morgan fingerprint density at radius 1 is 1.20 bits per heavy atom. The third-order valence-corrected chi connectivity index (χ3v) is 3.29. The maximum atomic E-state index is 4.45. The first-order chi connectivity index (χ1) is 9.92. The van der Waals surface area contributed by atoms with Gasteiger partial charge in [0.25, 0.3) is 0 Å². The van der Waals surface area contributed by atoms with E-state index < -0.39 is 0 Å². The summed E-state index contributed by atoms with van der Waals surface area (Å²) in [5.41, 5.74) is 4.58. The van der Waals surface area contributed by atoms with Crippen LogP contribution in [0.2, 0.25) is 0 Å². The summed E-state index contributed by atoms with van der Waals surface area (Å²) in [6, 6.07) is 5.93. The summed E-state index contributed by atoms with van der Waals surface area (Å²) in [6.45, 7) is 0.726. The van der Waals surface area contributed by atoms with E-state index >= 15 is 0 Å². The highest BCUT2D eigenvalue weighted by Crippen LogP contribution is 2.23. The first kappa shape index (κ1) is 11.0. The molecule has 5 nitrogen and oxygen atoms in total. The number of rotatable bonds is 2. The molecule has 0 atom stereocenters. The average molecular weight is 261 g/mol. The van der Waals surface area contributed by atoms with E-state index in [0.29, 0.717) is 0 Å². The van der Waals surface area contributed by atoms with Crippen molar-refractivity contribution in [2.45, 2.75) is 0 Å². The fourth-order valence-electron chi connectivity index (χ4n) is 2.31. The quantitative estimate of drug-likeness (QED) is 0.770. The molecule has 3 aromatic heterocycles. The molecule has 1 aliphatic rings. The monoisotopic (exact) mass is 261 g/mol. The molecule has 0 saturated carbocycles. The number of aromatic amines is 1. The van der Waals surface area contributed by atoms with Gasteiger partial charge in [0, 0.05) is 23.3 Å². The molecule has 0 bridgehead atoms. The van der Waals surface area contributed by atoms with E-state index in [4.69, 9.17) is 0 Å². The summed E-state index contributed by atoms with van der Waals surface area (Å²) in [6.07, 6.45) is 9.39. The van der Waals surface area contributed by atoms with Crippen LogP contribution in [0.15, 0.2) is 53.9 Å². The van der Waals surface area contributed by atoms with E-state index in [2.05, 4.69) is 25.2 Å². The molecule has 0 radical (unpaired) electrons. The van der Waals surface area contributed by atoms with E-state index in [1.165, 1.54) is 0 Å². The Hall–Kier alpha value is -2.82. The topological polar surface area (TPSA) is 66.8 Å². The highest BCUT2D eigenvalue weighted by molar-refractivity contribution is 6.15. The minimum absolute atomic E-state index is 0.726. The van der Waals surface area contributed by atoms with Gasteiger partial charge >= 0.3 is 0 Å². The standard InChI is InChI=1S/C15H11N5/c1-3-10(8-16-5-1)13-7-11-14(9-18-13)19-20-15(11)12-4-2-6-17-12/h1-5,7-9H,6H2,(H,19,20). The Kier molecular flexibility index (Phi) is 2.42. The van der Waals surface area contributed by atoms with E-state index in [1.54, 1.807) is 18.6 Å². The van der Waals surface area contributed by atoms with Gasteiger partial charge in [-0.05, 0) is 24.3 Å². The molecule has 4 heterocycles. The van der Waals surface area contributed by atoms with Crippen LogP contribution in [0.4, 0.5) is 0 Å². The molecular formula is C15H11N5. The average Bonchev–Trinajstić information content (AvgIpc) is 3.16. The Balaban J connectivity index is 1.90. The molecule has 0 fully saturated rings. The Labute approximate surface area is 115 Å². The van der Waals surface area contributed by atoms with Gasteiger partial charge in [0.1, 0.15) is 5.69 Å². The minimum atomic E-state index is 0.726. The first-order valence-electron chi connectivity index (χ1n) is 6.38. The number of aliphatic imine (C=N–C) groups is 1. The van der Waals surface area contributed by atoms with Gasteiger partial charge in [-0.25, -0.2) is 0 Å². The van der Waals surface area contributed by atoms with Crippen molar-refractivity contribution in [3.05, 3.63) is 54.6 Å². The predicted molar refractivity (Wildman–Crippen MR) is 77.7 cm³/mol. The fraction of sp³-hybridized carbons (Fsp3) is 0.0667. The van der Waals surface area contributed by atoms with Crippen LogP contribution in [0.3, 0.4) is 0 Å². The van der Waals surface area contributed by atoms with Gasteiger partial charge in [0.15, 0.2) is 0 Å². The van der Waals surface area contributed by atoms with Crippen LogP contribution in [0.5, 0.6) is 0 Å². The van der Waals surface area contributed by atoms with E-state index in [9.17, 15) is 0 Å². The van der Waals surface area contributed by atoms with Crippen LogP contribution in [0.1, 0.15) is 5.69 Å². The lowest BCUT2D eigenvalue weighted by atomic mass is 10.1. The van der Waals surface area contributed by atoms with E-state index in [-0.39, 0.29) is 0 Å². The molecule has 96 valence electrons. The molecule has 0 amide bonds. The van der Waals surface area contributed by atoms with E-state index in [0.717, 1.165) is 40.1 Å². The van der Waals surface area contributed by atoms with Crippen molar-refractivity contribution in [2.75, 3.05) is 6.54 Å². The van der Waals surface area contributed by atoms with Crippen molar-refractivity contribution in [3.63, 3.8) is 0 Å². The highest BCUT2D eigenvalue weighted by Gasteiger charge is 2.13. The Bertz CT molecular complexity index is 830. The van der Waals surface area contributed by atoms with Gasteiger partial charge < -0.3 is 0 Å². The second-order valence-electron chi connectivity index (χ2n) is 4.56. The normalized spacial score (nSPS) is 13.9. The van der Waals surface area contributed by atoms with Gasteiger partial charge in [0.2, 0.25) is 0 Å². The minimum Gasteiger partial charge on any atom is -0.279 e. The van der Waals surface area contributed by atoms with Crippen LogP contribution in [0, 0.1) is 0 Å². The third kappa shape index (κ3) is 1.72. The van der Waals surface area contributed by atoms with Crippen molar-refractivity contribution in [3.8, 4) is 11.3 Å². The van der Waals surface area contributed by atoms with Gasteiger partial charge in [-0.2, -0.15) is 5.10 Å². The Morgan fingerprint density at radius 2 is 2.20 bits per heavy atom. The van der Waals surface area contributed by atoms with Crippen molar-refractivity contribution < 1.29 is 0 Å². The van der Waals surface area contributed by atoms with Crippen LogP contribution in [-0.4, -0.2) is 32.4 Å². The van der Waals surface area contributed by atoms with Crippen LogP contribution in [-0.2, 0) is 0 Å². The largest absolute Gasteiger partial charge is 0.279 e. The number of hydrogen-bond donors (Lipinski definition) is 1. The van der Waals surface area contributed by atoms with Gasteiger partial charge in [-0.3, -0.25) is 20.1 Å². The van der Waals surface area contributed by atoms with Crippen LogP contribution < -0.4 is 0 Å². The second-order valence-corrected chi connectivity index (χ2v) is 4.56. The Morgan fingerprint density at radius 3 is 3.00 bits per heavy atom. The summed E-state index contributed by atoms with van der Waals surface area (Å²) >= 11 is 0. The summed E-state index contributed by atoms with van der Waals surface area (Å²) in [4.78, 5) is 13.0. The van der Waals surface area contributed by atoms with E-state index in [1.807, 2.05) is 30.4 Å². The van der Waals surface area contributed by atoms with Crippen LogP contribution >= 0.6 is 0 Å². The number of nitrogens with one attached hydrogen (secondary N) is 1. The zero-order valence-electron chi connectivity index (χ0n) is 10.6. The number of hydrogen-bond acceptors (Lipinski definition) is 4. The molecule has 4 rings (SSSR count). The molecule has 0 saturated heterocycles. The highest BCUT2D eigenvalue weighted by atomic mass is 15.1. The second kappa shape index (κ2) is 4.38. The van der Waals surface area contributed by atoms with Gasteiger partial charge in [-0.1, -0.05) is 6.08 Å². The summed E-state index contributed by atoms with van der Waals surface area (Å²) in [5.74, 6) is 0. The lowest BCUT2D eigenvalue weighted by Crippen LogP contribution is -1.95. The molecule has 0 spiro atoms. The number of fused-ring (bicyclic) bond motifs is 1. The molecule has 1 N–H and O–H groups in total. The molecule has 3 aromatic rings. The molecule has 0 aromatic carbocycles. The summed E-state index contributed by atoms with van der Waals surface area (Å²) in [7, 11) is 0. The lowest BCUT2D eigenvalue weighted by molar-refractivity contribution is 1.10. The van der Waals surface area contributed by atoms with Crippen molar-refractivity contribution in [1.29, 1.82) is 0 Å². The van der Waals surface area contributed by atoms with Gasteiger partial charge in [-0.15, -0.1) is 0 Å². The number of allylic oxidation sites excluding steroid dienone is 1. The van der Waals surface area contributed by atoms with Crippen molar-refractivity contribution in [1.82, 2.24) is 20.2 Å². The zero-order chi connectivity index (χ0) is 13.4. The molecule has 1 aliphatic heterocycles. The zero-order valence-corrected chi connectivity index (χ0v) is 10.6. The first-order valence-corrected chi connectivity index (χ1v) is 6.38. The summed E-state index contributed by atoms with van der Waals surface area (Å²) in [5, 5.41) is 8.38. The maximum absolute atomic E-state index is 4.45.